The molecule has 142 valence electrons. The monoisotopic (exact) mass is 386 g/mol. The Labute approximate surface area is 158 Å². The summed E-state index contributed by atoms with van der Waals surface area (Å²) in [6, 6.07) is 16.4. The maximum Gasteiger partial charge on any atom is 0.326 e. The number of carbonyl (C=O) groups excluding carboxylic acids is 1. The van der Waals surface area contributed by atoms with Crippen molar-refractivity contribution in [2.75, 3.05) is 6.54 Å². The van der Waals surface area contributed by atoms with Gasteiger partial charge >= 0.3 is 5.97 Å². The van der Waals surface area contributed by atoms with Crippen molar-refractivity contribution in [3.63, 3.8) is 0 Å². The Kier molecular flexibility index (Phi) is 5.78. The summed E-state index contributed by atoms with van der Waals surface area (Å²) >= 11 is 0. The van der Waals surface area contributed by atoms with Crippen LogP contribution in [0.15, 0.2) is 60.7 Å². The van der Waals surface area contributed by atoms with Crippen LogP contribution in [0.2, 0.25) is 0 Å². The number of carbonyl (C=O) groups is 2. The predicted molar refractivity (Wildman–Crippen MR) is 105 cm³/mol. The molecule has 2 atom stereocenters. The Morgan fingerprint density at radius 2 is 1.59 bits per heavy atom. The van der Waals surface area contributed by atoms with Gasteiger partial charge in [-0.25, -0.2) is 9.88 Å². The van der Waals surface area contributed by atoms with Crippen LogP contribution < -0.4 is 15.7 Å². The van der Waals surface area contributed by atoms with E-state index in [1.165, 1.54) is 4.90 Å². The van der Waals surface area contributed by atoms with Crippen molar-refractivity contribution in [2.24, 2.45) is 0 Å². The van der Waals surface area contributed by atoms with Crippen LogP contribution in [-0.2, 0) is 14.2 Å². The van der Waals surface area contributed by atoms with E-state index in [4.69, 9.17) is 0 Å². The van der Waals surface area contributed by atoms with E-state index in [2.05, 4.69) is 5.09 Å². The van der Waals surface area contributed by atoms with Crippen molar-refractivity contribution in [1.82, 2.24) is 9.99 Å². The van der Waals surface area contributed by atoms with Gasteiger partial charge in [0.1, 0.15) is 6.04 Å². The molecule has 2 N–H and O–H groups in total. The highest BCUT2D eigenvalue weighted by molar-refractivity contribution is 7.77. The predicted octanol–water partition coefficient (Wildman–Crippen LogP) is 1.97. The number of carboxylic acids is 1. The fraction of sp³-hybridized carbons (Fsp3) is 0.300. The van der Waals surface area contributed by atoms with Crippen LogP contribution in [-0.4, -0.2) is 40.5 Å². The quantitative estimate of drug-likeness (QED) is 0.742. The SMILES string of the molecule is C[C@H](NP(=O)(c1ccccc1)c1ccccc1)C(=O)N1CCC[C@H]1C(=O)O. The number of likely N-dealkylation sites (tertiary alicyclic amines) is 1. The first-order valence-corrected chi connectivity index (χ1v) is 10.7. The smallest absolute Gasteiger partial charge is 0.326 e. The Hall–Kier alpha value is -2.43. The third-order valence-electron chi connectivity index (χ3n) is 4.81. The van der Waals surface area contributed by atoms with Crippen LogP contribution in [0, 0.1) is 0 Å². The summed E-state index contributed by atoms with van der Waals surface area (Å²) in [6.07, 6.45) is 1.10. The summed E-state index contributed by atoms with van der Waals surface area (Å²) < 4.78 is 14.0. The number of benzene rings is 2. The molecule has 0 spiro atoms. The van der Waals surface area contributed by atoms with Gasteiger partial charge in [-0.15, -0.1) is 0 Å². The van der Waals surface area contributed by atoms with Crippen molar-refractivity contribution < 1.29 is 19.3 Å². The highest BCUT2D eigenvalue weighted by Crippen LogP contribution is 2.39. The van der Waals surface area contributed by atoms with E-state index in [9.17, 15) is 19.3 Å². The highest BCUT2D eigenvalue weighted by Gasteiger charge is 2.38. The number of aliphatic carboxylic acids is 1. The summed E-state index contributed by atoms with van der Waals surface area (Å²) in [6.45, 7) is 2.04. The molecule has 1 aliphatic heterocycles. The third kappa shape index (κ3) is 3.97. The number of nitrogens with one attached hydrogen (secondary N) is 1. The third-order valence-corrected chi connectivity index (χ3v) is 7.61. The molecular formula is C20H23N2O4P. The van der Waals surface area contributed by atoms with E-state index in [1.54, 1.807) is 55.5 Å². The molecule has 6 nitrogen and oxygen atoms in total. The van der Waals surface area contributed by atoms with Gasteiger partial charge in [0.25, 0.3) is 0 Å². The molecule has 0 unspecified atom stereocenters. The van der Waals surface area contributed by atoms with Gasteiger partial charge in [-0.3, -0.25) is 9.36 Å². The molecule has 0 radical (unpaired) electrons. The number of hydrogen-bond acceptors (Lipinski definition) is 3. The normalized spacial score (nSPS) is 18.3. The first kappa shape index (κ1) is 19.3. The molecule has 7 heteroatoms. The minimum absolute atomic E-state index is 0.341. The van der Waals surface area contributed by atoms with E-state index < -0.39 is 25.3 Å². The fourth-order valence-electron chi connectivity index (χ4n) is 3.44. The minimum Gasteiger partial charge on any atom is -0.480 e. The van der Waals surface area contributed by atoms with Crippen LogP contribution in [0.1, 0.15) is 19.8 Å². The second-order valence-electron chi connectivity index (χ2n) is 6.66. The van der Waals surface area contributed by atoms with Crippen LogP contribution in [0.4, 0.5) is 0 Å². The van der Waals surface area contributed by atoms with Crippen LogP contribution in [0.3, 0.4) is 0 Å². The van der Waals surface area contributed by atoms with Gasteiger partial charge in [-0.2, -0.15) is 0 Å². The lowest BCUT2D eigenvalue weighted by Crippen LogP contribution is -2.49. The number of rotatable bonds is 6. The van der Waals surface area contributed by atoms with E-state index in [0.29, 0.717) is 30.0 Å². The molecule has 0 bridgehead atoms. The van der Waals surface area contributed by atoms with Crippen LogP contribution in [0.5, 0.6) is 0 Å². The van der Waals surface area contributed by atoms with Gasteiger partial charge in [-0.1, -0.05) is 36.4 Å². The molecule has 1 amide bonds. The molecule has 0 saturated carbocycles. The molecule has 1 fully saturated rings. The van der Waals surface area contributed by atoms with E-state index >= 15 is 0 Å². The molecule has 0 aromatic heterocycles. The fourth-order valence-corrected chi connectivity index (χ4v) is 5.87. The molecule has 3 rings (SSSR count). The summed E-state index contributed by atoms with van der Waals surface area (Å²) in [5, 5.41) is 13.6. The average Bonchev–Trinajstić information content (AvgIpc) is 3.18. The minimum atomic E-state index is -3.26. The highest BCUT2D eigenvalue weighted by atomic mass is 31.2. The Morgan fingerprint density at radius 3 is 2.07 bits per heavy atom. The van der Waals surface area contributed by atoms with Gasteiger partial charge in [0, 0.05) is 17.2 Å². The zero-order valence-electron chi connectivity index (χ0n) is 15.1. The summed E-state index contributed by atoms with van der Waals surface area (Å²) in [4.78, 5) is 25.7. The number of hydrogen-bond donors (Lipinski definition) is 2. The summed E-state index contributed by atoms with van der Waals surface area (Å²) in [7, 11) is -3.26. The van der Waals surface area contributed by atoms with E-state index in [0.717, 1.165) is 0 Å². The van der Waals surface area contributed by atoms with Crippen LogP contribution in [0.25, 0.3) is 0 Å². The average molecular weight is 386 g/mol. The maximum atomic E-state index is 14.0. The van der Waals surface area contributed by atoms with Crippen molar-refractivity contribution in [1.29, 1.82) is 0 Å². The zero-order chi connectivity index (χ0) is 19.4. The van der Waals surface area contributed by atoms with Crippen molar-refractivity contribution in [3.8, 4) is 0 Å². The lowest BCUT2D eigenvalue weighted by molar-refractivity contribution is -0.148. The zero-order valence-corrected chi connectivity index (χ0v) is 16.0. The lowest BCUT2D eigenvalue weighted by Gasteiger charge is -2.29. The Bertz CT molecular complexity index is 813. The number of carboxylic acid groups (broad SMARTS) is 1. The topological polar surface area (TPSA) is 86.7 Å². The molecule has 0 aliphatic carbocycles. The van der Waals surface area contributed by atoms with Crippen molar-refractivity contribution in [3.05, 3.63) is 60.7 Å². The lowest BCUT2D eigenvalue weighted by atomic mass is 10.2. The molecule has 27 heavy (non-hydrogen) atoms. The van der Waals surface area contributed by atoms with Crippen molar-refractivity contribution in [2.45, 2.75) is 31.8 Å². The Morgan fingerprint density at radius 1 is 1.07 bits per heavy atom. The van der Waals surface area contributed by atoms with Gasteiger partial charge in [-0.05, 0) is 44.0 Å². The molecule has 1 heterocycles. The van der Waals surface area contributed by atoms with E-state index in [1.807, 2.05) is 12.1 Å². The standard InChI is InChI=1S/C20H23N2O4P/c1-15(19(23)22-14-8-13-18(22)20(24)25)21-27(26,16-9-4-2-5-10-16)17-11-6-3-7-12-17/h2-7,9-12,15,18H,8,13-14H2,1H3,(H,21,26)(H,24,25)/t15-,18-/m0/s1. The van der Waals surface area contributed by atoms with Gasteiger partial charge < -0.3 is 10.0 Å². The maximum absolute atomic E-state index is 14.0. The molecule has 2 aromatic rings. The number of nitrogens with zero attached hydrogens (tertiary/aromatic N) is 1. The molecule has 1 saturated heterocycles. The molecule has 1 aliphatic rings. The summed E-state index contributed by atoms with van der Waals surface area (Å²) in [5.41, 5.74) is 0. The number of amides is 1. The largest absolute Gasteiger partial charge is 0.480 e. The van der Waals surface area contributed by atoms with Crippen LogP contribution >= 0.6 is 7.29 Å². The molecule has 2 aromatic carbocycles. The first-order chi connectivity index (χ1) is 12.9. The Balaban J connectivity index is 1.90. The first-order valence-electron chi connectivity index (χ1n) is 8.96. The van der Waals surface area contributed by atoms with Gasteiger partial charge in [0.15, 0.2) is 0 Å². The van der Waals surface area contributed by atoms with Crippen molar-refractivity contribution >= 4 is 29.8 Å². The van der Waals surface area contributed by atoms with Gasteiger partial charge in [0.05, 0.1) is 6.04 Å². The second kappa shape index (κ2) is 8.07. The van der Waals surface area contributed by atoms with E-state index in [-0.39, 0.29) is 5.91 Å². The van der Waals surface area contributed by atoms with Gasteiger partial charge in [0.2, 0.25) is 13.2 Å². The summed E-state index contributed by atoms with van der Waals surface area (Å²) in [5.74, 6) is -1.34. The molecular weight excluding hydrogens is 363 g/mol. The second-order valence-corrected chi connectivity index (χ2v) is 9.17.